The van der Waals surface area contributed by atoms with Crippen LogP contribution < -0.4 is 67.7 Å². The van der Waals surface area contributed by atoms with Gasteiger partial charge in [0.05, 0.1) is 0 Å². The molecule has 0 rings (SSSR count). The lowest BCUT2D eigenvalue weighted by molar-refractivity contribution is 1.76. The van der Waals surface area contributed by atoms with Gasteiger partial charge < -0.3 is 67.7 Å². The van der Waals surface area contributed by atoms with E-state index < -0.39 is 3.25 Å². The van der Waals surface area contributed by atoms with Crippen molar-refractivity contribution >= 4 is 46.4 Å². The van der Waals surface area contributed by atoms with Crippen LogP contribution in [0.4, 0.5) is 0 Å². The average Bonchev–Trinajstić information content (AvgIpc) is 0.722. The summed E-state index contributed by atoms with van der Waals surface area (Å²) in [6.45, 7) is 0. The maximum Gasteiger partial charge on any atom is 0.266 e. The van der Waals surface area contributed by atoms with Gasteiger partial charge in [-0.25, -0.2) is 0 Å². The zero-order valence-electron chi connectivity index (χ0n) is 9.79. The summed E-state index contributed by atoms with van der Waals surface area (Å²) < 4.78 is -1.61. The highest BCUT2D eigenvalue weighted by Gasteiger charge is 2.11. The molecule has 0 fully saturated rings. The molecule has 0 unspecified atom stereocenters. The molecule has 0 spiro atoms. The molecule has 0 saturated carbocycles. The predicted molar refractivity (Wildman–Crippen MR) is 81.4 cm³/mol. The summed E-state index contributed by atoms with van der Waals surface area (Å²) >= 11 is 19.3. The van der Waals surface area contributed by atoms with Crippen molar-refractivity contribution in [2.24, 2.45) is 0 Å². The fourth-order valence-electron chi connectivity index (χ4n) is 0. The Morgan fingerprint density at radius 1 is 0.312 bits per heavy atom. The van der Waals surface area contributed by atoms with Crippen LogP contribution >= 0.6 is 46.4 Å². The summed E-state index contributed by atoms with van der Waals surface area (Å²) in [5.41, 5.74) is 0. The number of alkyl halides is 4. The van der Waals surface area contributed by atoms with E-state index in [1.54, 1.807) is 0 Å². The van der Waals surface area contributed by atoms with Gasteiger partial charge in [0.25, 0.3) is 3.25 Å². The first kappa shape index (κ1) is 185. The summed E-state index contributed by atoms with van der Waals surface area (Å²) in [6, 6.07) is 0. The van der Waals surface area contributed by atoms with Gasteiger partial charge in [0.1, 0.15) is 0 Å². The molecule has 16 heavy (non-hydrogen) atoms. The molecule has 11 nitrogen and oxygen atoms in total. The molecule has 0 saturated heterocycles. The fourth-order valence-corrected chi connectivity index (χ4v) is 0. The topological polar surface area (TPSA) is 385 Å². The van der Waals surface area contributed by atoms with Crippen molar-refractivity contribution in [3.63, 3.8) is 0 Å². The Bertz CT molecular complexity index is 33.5. The lowest BCUT2D eigenvalue weighted by Gasteiger charge is -1.91. The van der Waals surface area contributed by atoms with E-state index >= 15 is 0 Å². The monoisotopic (exact) mass is 339 g/mol. The minimum absolute atomic E-state index is 0. The van der Waals surface area contributed by atoms with Gasteiger partial charge in [-0.05, 0) is 0 Å². The Balaban J connectivity index is -0.00000000145. The van der Waals surface area contributed by atoms with Crippen molar-refractivity contribution in [2.75, 3.05) is 0 Å². The van der Waals surface area contributed by atoms with Gasteiger partial charge >= 0.3 is 0 Å². The van der Waals surface area contributed by atoms with Crippen LogP contribution in [0.1, 0.15) is 0 Å². The molecule has 0 aromatic rings. The van der Waals surface area contributed by atoms with Crippen molar-refractivity contribution in [1.29, 1.82) is 0 Å². The smallest absolute Gasteiger partial charge is 0.266 e. The quantitative estimate of drug-likeness (QED) is 0.275. The van der Waals surface area contributed by atoms with E-state index in [1.807, 2.05) is 0 Å². The van der Waals surface area contributed by atoms with Crippen LogP contribution in [0, 0.1) is 0 Å². The van der Waals surface area contributed by atoms with Crippen LogP contribution in [-0.2, 0) is 0 Å². The van der Waals surface area contributed by atoms with Gasteiger partial charge in [0, 0.05) is 0 Å². The van der Waals surface area contributed by atoms with Crippen LogP contribution in [-0.4, -0.2) is 3.25 Å². The number of hydrogen-bond acceptors (Lipinski definition) is 11. The Labute approximate surface area is 117 Å². The second-order valence-corrected chi connectivity index (χ2v) is 3.86. The van der Waals surface area contributed by atoms with Gasteiger partial charge in [-0.2, -0.15) is 0 Å². The SMILES string of the molecule is ClC(Cl)(Cl)Cl.N.N.N.N.N.N.N.N.N.N.N. The van der Waals surface area contributed by atoms with E-state index in [1.165, 1.54) is 0 Å². The second kappa shape index (κ2) is 75.4. The molecule has 0 bridgehead atoms. The zero-order valence-corrected chi connectivity index (χ0v) is 12.8. The van der Waals surface area contributed by atoms with Crippen molar-refractivity contribution in [2.45, 2.75) is 3.25 Å². The highest BCUT2D eigenvalue weighted by Crippen LogP contribution is 2.29. The fraction of sp³-hybridized carbons (Fsp3) is 1.00. The van der Waals surface area contributed by atoms with E-state index in [0.29, 0.717) is 0 Å². The van der Waals surface area contributed by atoms with E-state index in [4.69, 9.17) is 46.4 Å². The largest absolute Gasteiger partial charge is 0.344 e. The molecular weight excluding hydrogens is 308 g/mol. The highest BCUT2D eigenvalue weighted by molar-refractivity contribution is 6.83. The van der Waals surface area contributed by atoms with Crippen LogP contribution in [0.3, 0.4) is 0 Å². The molecular formula is CH33Cl4N11. The van der Waals surface area contributed by atoms with Crippen LogP contribution in [0.2, 0.25) is 0 Å². The van der Waals surface area contributed by atoms with Gasteiger partial charge in [-0.3, -0.25) is 0 Å². The standard InChI is InChI=1S/CCl4.11H3N/c2-1(3,4)5;;;;;;;;;;;/h;11*1H3. The molecule has 0 aliphatic heterocycles. The predicted octanol–water partition coefficient (Wildman–Crippen LogP) is 4.33. The van der Waals surface area contributed by atoms with Gasteiger partial charge in [-0.15, -0.1) is 0 Å². The Hall–Kier alpha value is 0.720. The first-order valence-electron chi connectivity index (χ1n) is 0.756. The molecule has 0 amide bonds. The van der Waals surface area contributed by atoms with Crippen molar-refractivity contribution < 1.29 is 0 Å². The minimum Gasteiger partial charge on any atom is -0.344 e. The molecule has 0 radical (unpaired) electrons. The van der Waals surface area contributed by atoms with E-state index in [2.05, 4.69) is 0 Å². The van der Waals surface area contributed by atoms with E-state index in [0.717, 1.165) is 0 Å². The van der Waals surface area contributed by atoms with Gasteiger partial charge in [0.15, 0.2) is 0 Å². The summed E-state index contributed by atoms with van der Waals surface area (Å²) in [5.74, 6) is 0. The molecule has 33 N–H and O–H groups in total. The van der Waals surface area contributed by atoms with E-state index in [9.17, 15) is 0 Å². The van der Waals surface area contributed by atoms with Crippen LogP contribution in [0.5, 0.6) is 0 Å². The molecule has 0 aromatic heterocycles. The molecule has 0 atom stereocenters. The average molecular weight is 341 g/mol. The maximum absolute atomic E-state index is 4.83. The minimum atomic E-state index is -1.61. The number of hydrogen-bond donors (Lipinski definition) is 11. The van der Waals surface area contributed by atoms with Gasteiger partial charge in [0.2, 0.25) is 0 Å². The summed E-state index contributed by atoms with van der Waals surface area (Å²) in [6.07, 6.45) is 0. The Morgan fingerprint density at radius 2 is 0.312 bits per heavy atom. The molecule has 120 valence electrons. The zero-order chi connectivity index (χ0) is 4.50. The van der Waals surface area contributed by atoms with Crippen molar-refractivity contribution in [1.82, 2.24) is 67.7 Å². The summed E-state index contributed by atoms with van der Waals surface area (Å²) in [4.78, 5) is 0. The molecule has 0 aliphatic carbocycles. The van der Waals surface area contributed by atoms with Crippen LogP contribution in [0.15, 0.2) is 0 Å². The van der Waals surface area contributed by atoms with Gasteiger partial charge in [-0.1, -0.05) is 46.4 Å². The maximum atomic E-state index is 4.83. The molecule has 0 aliphatic rings. The molecule has 0 aromatic carbocycles. The number of rotatable bonds is 0. The van der Waals surface area contributed by atoms with E-state index in [-0.39, 0.29) is 67.7 Å². The van der Waals surface area contributed by atoms with Crippen molar-refractivity contribution in [3.8, 4) is 0 Å². The summed E-state index contributed by atoms with van der Waals surface area (Å²) in [7, 11) is 0. The first-order valence-corrected chi connectivity index (χ1v) is 2.27. The normalized spacial score (nSPS) is 3.75. The highest BCUT2D eigenvalue weighted by atomic mass is 35.6. The van der Waals surface area contributed by atoms with Crippen LogP contribution in [0.25, 0.3) is 0 Å². The third-order valence-corrected chi connectivity index (χ3v) is 0. The molecule has 0 heterocycles. The lowest BCUT2D eigenvalue weighted by Crippen LogP contribution is -1.81. The Morgan fingerprint density at radius 3 is 0.312 bits per heavy atom. The summed E-state index contributed by atoms with van der Waals surface area (Å²) in [5, 5.41) is 0. The molecule has 15 heteroatoms. The first-order chi connectivity index (χ1) is 2.00. The number of halogens is 4. The third kappa shape index (κ3) is 5350. The second-order valence-electron chi connectivity index (χ2n) is 0.429. The lowest BCUT2D eigenvalue weighted by atomic mass is 11.8. The van der Waals surface area contributed by atoms with Crippen molar-refractivity contribution in [3.05, 3.63) is 0 Å². The Kier molecular flexibility index (Phi) is 874. The third-order valence-electron chi connectivity index (χ3n) is 0.